The molecule has 43 heavy (non-hydrogen) atoms. The van der Waals surface area contributed by atoms with E-state index in [9.17, 15) is 14.9 Å². The molecule has 4 aromatic carbocycles. The van der Waals surface area contributed by atoms with Crippen molar-refractivity contribution in [3.05, 3.63) is 127 Å². The summed E-state index contributed by atoms with van der Waals surface area (Å²) in [5, 5.41) is 18.2. The lowest BCUT2D eigenvalue weighted by molar-refractivity contribution is -0.385. The van der Waals surface area contributed by atoms with Gasteiger partial charge < -0.3 is 13.9 Å². The fourth-order valence-electron chi connectivity index (χ4n) is 4.51. The van der Waals surface area contributed by atoms with Gasteiger partial charge in [0, 0.05) is 27.2 Å². The smallest absolute Gasteiger partial charge is 0.311 e. The van der Waals surface area contributed by atoms with Crippen LogP contribution in [0.3, 0.4) is 0 Å². The van der Waals surface area contributed by atoms with Gasteiger partial charge in [0.25, 0.3) is 5.56 Å². The lowest BCUT2D eigenvalue weighted by atomic mass is 10.2. The Kier molecular flexibility index (Phi) is 7.54. The molecule has 0 saturated heterocycles. The van der Waals surface area contributed by atoms with Crippen molar-refractivity contribution in [2.75, 3.05) is 7.11 Å². The molecule has 0 N–H and O–H groups in total. The van der Waals surface area contributed by atoms with E-state index < -0.39 is 10.5 Å². The molecule has 0 fully saturated rings. The summed E-state index contributed by atoms with van der Waals surface area (Å²) in [6.45, 7) is -0.00588. The molecule has 0 aliphatic carbocycles. The molecule has 6 aromatic rings. The van der Waals surface area contributed by atoms with Crippen molar-refractivity contribution >= 4 is 57.0 Å². The van der Waals surface area contributed by atoms with E-state index in [1.165, 1.54) is 18.3 Å². The zero-order valence-electron chi connectivity index (χ0n) is 22.4. The summed E-state index contributed by atoms with van der Waals surface area (Å²) in [7, 11) is 1.55. The van der Waals surface area contributed by atoms with Gasteiger partial charge in [0.05, 0.1) is 34.5 Å². The number of methoxy groups -OCH3 is 1. The number of aromatic nitrogens is 2. The van der Waals surface area contributed by atoms with E-state index in [0.29, 0.717) is 48.8 Å². The number of nitro benzene ring substituents is 1. The van der Waals surface area contributed by atoms with Gasteiger partial charge in [-0.1, -0.05) is 47.5 Å². The van der Waals surface area contributed by atoms with Crippen molar-refractivity contribution < 1.29 is 18.8 Å². The summed E-state index contributed by atoms with van der Waals surface area (Å²) in [5.74, 6) is 1.07. The minimum Gasteiger partial charge on any atom is -0.496 e. The Morgan fingerprint density at radius 2 is 1.84 bits per heavy atom. The van der Waals surface area contributed by atoms with Gasteiger partial charge in [0.2, 0.25) is 5.82 Å². The average molecular weight is 615 g/mol. The average Bonchev–Trinajstić information content (AvgIpc) is 3.45. The summed E-state index contributed by atoms with van der Waals surface area (Å²) >= 11 is 12.1. The first-order valence-corrected chi connectivity index (χ1v) is 13.6. The zero-order valence-corrected chi connectivity index (χ0v) is 23.9. The molecule has 12 heteroatoms. The van der Waals surface area contributed by atoms with Gasteiger partial charge in [0.1, 0.15) is 17.9 Å². The molecule has 0 aliphatic rings. The molecular formula is C31H20Cl2N4O6. The van der Waals surface area contributed by atoms with E-state index in [1.54, 1.807) is 79.9 Å². The number of ether oxygens (including phenoxy) is 2. The maximum absolute atomic E-state index is 13.6. The van der Waals surface area contributed by atoms with Crippen LogP contribution in [-0.4, -0.2) is 27.9 Å². The molecular weight excluding hydrogens is 595 g/mol. The Morgan fingerprint density at radius 3 is 2.63 bits per heavy atom. The SMILES string of the molecule is COc1cccc2oc(-c3nc4ccccc4c(=O)n3N=Cc3ccc(OCc4ccc(Cl)cc4Cl)c([N+](=O)[O-])c3)cc12. The summed E-state index contributed by atoms with van der Waals surface area (Å²) in [6, 6.07) is 23.2. The normalized spacial score (nSPS) is 11.4. The molecule has 0 atom stereocenters. The van der Waals surface area contributed by atoms with Crippen LogP contribution in [0.25, 0.3) is 33.5 Å². The highest BCUT2D eigenvalue weighted by molar-refractivity contribution is 6.35. The van der Waals surface area contributed by atoms with Gasteiger partial charge in [-0.15, -0.1) is 0 Å². The molecule has 6 rings (SSSR count). The molecule has 0 unspecified atom stereocenters. The van der Waals surface area contributed by atoms with E-state index in [0.717, 1.165) is 4.68 Å². The van der Waals surface area contributed by atoms with Crippen molar-refractivity contribution in [1.82, 2.24) is 9.66 Å². The molecule has 0 spiro atoms. The quantitative estimate of drug-likeness (QED) is 0.0988. The van der Waals surface area contributed by atoms with Crippen molar-refractivity contribution in [2.45, 2.75) is 6.61 Å². The van der Waals surface area contributed by atoms with E-state index in [2.05, 4.69) is 10.1 Å². The monoisotopic (exact) mass is 614 g/mol. The van der Waals surface area contributed by atoms with Crippen molar-refractivity contribution in [1.29, 1.82) is 0 Å². The van der Waals surface area contributed by atoms with Crippen LogP contribution in [0.5, 0.6) is 11.5 Å². The highest BCUT2D eigenvalue weighted by Gasteiger charge is 2.19. The molecule has 0 radical (unpaired) electrons. The highest BCUT2D eigenvalue weighted by atomic mass is 35.5. The fraction of sp³-hybridized carbons (Fsp3) is 0.0645. The third kappa shape index (κ3) is 5.53. The van der Waals surface area contributed by atoms with E-state index in [4.69, 9.17) is 37.1 Å². The van der Waals surface area contributed by atoms with Crippen LogP contribution in [0.15, 0.2) is 99.2 Å². The Morgan fingerprint density at radius 1 is 1.00 bits per heavy atom. The minimum absolute atomic E-state index is 0.00588. The number of furan rings is 1. The number of benzene rings is 4. The summed E-state index contributed by atoms with van der Waals surface area (Å²) in [4.78, 5) is 29.6. The van der Waals surface area contributed by atoms with E-state index in [1.807, 2.05) is 0 Å². The molecule has 0 aliphatic heterocycles. The number of rotatable bonds is 8. The first-order chi connectivity index (χ1) is 20.8. The van der Waals surface area contributed by atoms with Gasteiger partial charge in [0.15, 0.2) is 11.5 Å². The second-order valence-electron chi connectivity index (χ2n) is 9.31. The third-order valence-electron chi connectivity index (χ3n) is 6.62. The Labute approximate surface area is 253 Å². The molecule has 0 bridgehead atoms. The van der Waals surface area contributed by atoms with Crippen LogP contribution in [-0.2, 0) is 6.61 Å². The summed E-state index contributed by atoms with van der Waals surface area (Å²) in [5.41, 5.74) is 1.23. The largest absolute Gasteiger partial charge is 0.496 e. The first-order valence-electron chi connectivity index (χ1n) is 12.8. The van der Waals surface area contributed by atoms with Crippen LogP contribution in [0, 0.1) is 10.1 Å². The number of para-hydroxylation sites is 1. The first kappa shape index (κ1) is 28.0. The van der Waals surface area contributed by atoms with Crippen LogP contribution in [0.2, 0.25) is 10.0 Å². The number of hydrogen-bond donors (Lipinski definition) is 0. The second-order valence-corrected chi connectivity index (χ2v) is 10.1. The van der Waals surface area contributed by atoms with Gasteiger partial charge >= 0.3 is 5.69 Å². The molecule has 2 heterocycles. The van der Waals surface area contributed by atoms with Gasteiger partial charge in [-0.05, 0) is 54.6 Å². The summed E-state index contributed by atoms with van der Waals surface area (Å²) in [6.07, 6.45) is 1.33. The number of hydrogen-bond acceptors (Lipinski definition) is 8. The highest BCUT2D eigenvalue weighted by Crippen LogP contribution is 2.33. The van der Waals surface area contributed by atoms with Crippen LogP contribution >= 0.6 is 23.2 Å². The maximum Gasteiger partial charge on any atom is 0.311 e. The topological polar surface area (TPSA) is 122 Å². The van der Waals surface area contributed by atoms with Gasteiger partial charge in [-0.2, -0.15) is 9.78 Å². The lowest BCUT2D eigenvalue weighted by Gasteiger charge is -2.09. The van der Waals surface area contributed by atoms with Crippen LogP contribution in [0.1, 0.15) is 11.1 Å². The third-order valence-corrected chi connectivity index (χ3v) is 7.20. The van der Waals surface area contributed by atoms with Gasteiger partial charge in [-0.25, -0.2) is 4.98 Å². The van der Waals surface area contributed by atoms with Gasteiger partial charge in [-0.3, -0.25) is 14.9 Å². The second kappa shape index (κ2) is 11.6. The summed E-state index contributed by atoms with van der Waals surface area (Å²) < 4.78 is 18.3. The van der Waals surface area contributed by atoms with Crippen LogP contribution in [0.4, 0.5) is 5.69 Å². The van der Waals surface area contributed by atoms with Crippen molar-refractivity contribution in [3.8, 4) is 23.1 Å². The number of nitrogens with zero attached hydrogens (tertiary/aromatic N) is 4. The van der Waals surface area contributed by atoms with Crippen LogP contribution < -0.4 is 15.0 Å². The van der Waals surface area contributed by atoms with Crippen molar-refractivity contribution in [2.24, 2.45) is 5.10 Å². The molecule has 0 saturated carbocycles. The van der Waals surface area contributed by atoms with Crippen molar-refractivity contribution in [3.63, 3.8) is 0 Å². The molecule has 0 amide bonds. The van der Waals surface area contributed by atoms with E-state index in [-0.39, 0.29) is 29.6 Å². The predicted octanol–water partition coefficient (Wildman–Crippen LogP) is 7.49. The number of nitro groups is 1. The van der Waals surface area contributed by atoms with E-state index >= 15 is 0 Å². The minimum atomic E-state index is -0.562. The molecule has 10 nitrogen and oxygen atoms in total. The predicted molar refractivity (Wildman–Crippen MR) is 165 cm³/mol. The lowest BCUT2D eigenvalue weighted by Crippen LogP contribution is -2.20. The standard InChI is InChI=1S/C31H20Cl2N4O6/c1-41-26-7-4-8-27-22(26)15-29(43-27)30-35-24-6-3-2-5-21(24)31(38)36(30)34-16-18-9-12-28(25(13-18)37(39)40)42-17-19-10-11-20(32)14-23(19)33/h2-16H,17H2,1H3. The number of fused-ring (bicyclic) bond motifs is 2. The Hall–Kier alpha value is -5.19. The molecule has 2 aromatic heterocycles. The Bertz CT molecular complexity index is 2120. The molecule has 214 valence electrons. The number of halogens is 2. The Balaban J connectivity index is 1.39. The maximum atomic E-state index is 13.6. The fourth-order valence-corrected chi connectivity index (χ4v) is 4.97. The zero-order chi connectivity index (χ0) is 30.1.